The van der Waals surface area contributed by atoms with E-state index in [9.17, 15) is 34.8 Å². The summed E-state index contributed by atoms with van der Waals surface area (Å²) in [6.07, 6.45) is 0.383. The Hall–Kier alpha value is -3.17. The van der Waals surface area contributed by atoms with E-state index < -0.39 is 58.0 Å². The van der Waals surface area contributed by atoms with Crippen LogP contribution in [0.3, 0.4) is 0 Å². The maximum Gasteiger partial charge on any atom is 0.255 e. The number of allylic oxidation sites excluding steroid dienone is 1. The van der Waals surface area contributed by atoms with Crippen LogP contribution in [0.1, 0.15) is 33.5 Å². The van der Waals surface area contributed by atoms with Crippen molar-refractivity contribution in [3.63, 3.8) is 0 Å². The van der Waals surface area contributed by atoms with Crippen LogP contribution in [0.5, 0.6) is 5.75 Å². The van der Waals surface area contributed by atoms with Gasteiger partial charge in [0.2, 0.25) is 5.78 Å². The Balaban J connectivity index is 1.99. The van der Waals surface area contributed by atoms with Crippen molar-refractivity contribution in [2.24, 2.45) is 17.6 Å². The standard InChI is InChI=1S/C23H26N2O7/c1-8-5-9(2)17(26)14-11(8)6-10-7-12-16(25(3)4)19(28)15(22(24)31)21(30)23(12,32)20(29)13(10)18(14)27/h5,10,12,16,26,28-29,32H,6-7H2,1-4H3,(H2,24,31)/t10?,12?,16-,23-/m0/s1. The molecule has 3 aliphatic rings. The second kappa shape index (κ2) is 6.91. The van der Waals surface area contributed by atoms with Crippen LogP contribution in [0.2, 0.25) is 0 Å². The molecular weight excluding hydrogens is 416 g/mol. The van der Waals surface area contributed by atoms with Crippen LogP contribution in [0, 0.1) is 25.7 Å². The minimum atomic E-state index is -2.61. The van der Waals surface area contributed by atoms with E-state index in [4.69, 9.17) is 5.73 Å². The third-order valence-electron chi connectivity index (χ3n) is 7.14. The summed E-state index contributed by atoms with van der Waals surface area (Å²) in [5.41, 5.74) is 3.73. The van der Waals surface area contributed by atoms with Crippen LogP contribution in [0.4, 0.5) is 0 Å². The Bertz CT molecular complexity index is 1160. The van der Waals surface area contributed by atoms with Gasteiger partial charge in [0, 0.05) is 11.5 Å². The molecule has 1 aromatic rings. The molecule has 0 radical (unpaired) electrons. The van der Waals surface area contributed by atoms with Crippen molar-refractivity contribution in [3.05, 3.63) is 51.0 Å². The smallest absolute Gasteiger partial charge is 0.255 e. The molecule has 4 atom stereocenters. The van der Waals surface area contributed by atoms with Gasteiger partial charge in [-0.1, -0.05) is 6.07 Å². The number of phenolic OH excluding ortho intramolecular Hbond substituents is 1. The molecule has 0 spiro atoms. The summed E-state index contributed by atoms with van der Waals surface area (Å²) >= 11 is 0. The van der Waals surface area contributed by atoms with Crippen molar-refractivity contribution in [3.8, 4) is 5.75 Å². The normalized spacial score (nSPS) is 29.8. The second-order valence-corrected chi connectivity index (χ2v) is 9.18. The number of ketones is 2. The van der Waals surface area contributed by atoms with E-state index in [2.05, 4.69) is 0 Å². The minimum Gasteiger partial charge on any atom is -0.510 e. The fourth-order valence-electron chi connectivity index (χ4n) is 5.67. The molecule has 0 bridgehead atoms. The van der Waals surface area contributed by atoms with Crippen LogP contribution in [0.15, 0.2) is 28.7 Å². The minimum absolute atomic E-state index is 0.0447. The lowest BCUT2D eigenvalue weighted by Crippen LogP contribution is -2.63. The van der Waals surface area contributed by atoms with Crippen LogP contribution >= 0.6 is 0 Å². The fourth-order valence-corrected chi connectivity index (χ4v) is 5.67. The van der Waals surface area contributed by atoms with Gasteiger partial charge in [-0.25, -0.2) is 0 Å². The first-order valence-corrected chi connectivity index (χ1v) is 10.3. The van der Waals surface area contributed by atoms with E-state index in [1.165, 1.54) is 4.90 Å². The van der Waals surface area contributed by atoms with E-state index >= 15 is 0 Å². The summed E-state index contributed by atoms with van der Waals surface area (Å²) < 4.78 is 0. The number of nitrogens with zero attached hydrogens (tertiary/aromatic N) is 1. The van der Waals surface area contributed by atoms with Crippen LogP contribution in [-0.4, -0.2) is 68.5 Å². The lowest BCUT2D eigenvalue weighted by atomic mass is 9.58. The first-order chi connectivity index (χ1) is 14.8. The molecule has 0 saturated heterocycles. The van der Waals surface area contributed by atoms with Gasteiger partial charge in [-0.05, 0) is 63.4 Å². The Kier molecular flexibility index (Phi) is 4.76. The number of aliphatic hydroxyl groups is 3. The molecule has 0 fully saturated rings. The number of hydrogen-bond acceptors (Lipinski definition) is 8. The van der Waals surface area contributed by atoms with Crippen molar-refractivity contribution in [2.75, 3.05) is 14.1 Å². The Labute approximate surface area is 184 Å². The summed E-state index contributed by atoms with van der Waals surface area (Å²) in [5, 5.41) is 44.0. The van der Waals surface area contributed by atoms with Gasteiger partial charge in [0.15, 0.2) is 11.4 Å². The Morgan fingerprint density at radius 2 is 1.78 bits per heavy atom. The van der Waals surface area contributed by atoms with Gasteiger partial charge in [-0.2, -0.15) is 0 Å². The molecule has 4 rings (SSSR count). The quantitative estimate of drug-likeness (QED) is 0.419. The second-order valence-electron chi connectivity index (χ2n) is 9.18. The van der Waals surface area contributed by atoms with E-state index in [-0.39, 0.29) is 23.3 Å². The maximum atomic E-state index is 13.4. The van der Waals surface area contributed by atoms with E-state index in [0.29, 0.717) is 17.5 Å². The molecular formula is C23H26N2O7. The van der Waals surface area contributed by atoms with Gasteiger partial charge in [0.1, 0.15) is 22.8 Å². The largest absolute Gasteiger partial charge is 0.510 e. The third-order valence-corrected chi connectivity index (χ3v) is 7.14. The third kappa shape index (κ3) is 2.61. The van der Waals surface area contributed by atoms with E-state index in [1.54, 1.807) is 27.1 Å². The number of Topliss-reactive ketones (excluding diaryl/α,β-unsaturated/α-hetero) is 2. The van der Waals surface area contributed by atoms with Gasteiger partial charge in [-0.15, -0.1) is 0 Å². The molecule has 1 amide bonds. The number of rotatable bonds is 2. The van der Waals surface area contributed by atoms with E-state index in [0.717, 1.165) is 5.56 Å². The van der Waals surface area contributed by atoms with Gasteiger partial charge < -0.3 is 26.2 Å². The molecule has 0 aliphatic heterocycles. The highest BCUT2D eigenvalue weighted by atomic mass is 16.3. The molecule has 6 N–H and O–H groups in total. The summed E-state index contributed by atoms with van der Waals surface area (Å²) in [5.74, 6) is -6.36. The lowest BCUT2D eigenvalue weighted by molar-refractivity contribution is -0.148. The summed E-state index contributed by atoms with van der Waals surface area (Å²) in [4.78, 5) is 40.1. The van der Waals surface area contributed by atoms with Crippen molar-refractivity contribution in [1.29, 1.82) is 0 Å². The average molecular weight is 442 g/mol. The topological polar surface area (TPSA) is 161 Å². The van der Waals surface area contributed by atoms with Crippen molar-refractivity contribution in [2.45, 2.75) is 38.3 Å². The predicted octanol–water partition coefficient (Wildman–Crippen LogP) is 0.737. The number of aryl methyl sites for hydroxylation is 2. The first kappa shape index (κ1) is 22.0. The van der Waals surface area contributed by atoms with E-state index in [1.807, 2.05) is 6.92 Å². The monoisotopic (exact) mass is 442 g/mol. The van der Waals surface area contributed by atoms with Gasteiger partial charge in [0.05, 0.1) is 11.6 Å². The molecule has 1 aromatic carbocycles. The van der Waals surface area contributed by atoms with Crippen LogP contribution < -0.4 is 5.73 Å². The summed E-state index contributed by atoms with van der Waals surface area (Å²) in [6.45, 7) is 3.48. The number of nitrogens with two attached hydrogens (primary N) is 1. The Morgan fingerprint density at radius 1 is 1.16 bits per heavy atom. The average Bonchev–Trinajstić information content (AvgIpc) is 2.68. The number of primary amides is 1. The number of fused-ring (bicyclic) bond motifs is 3. The number of phenols is 1. The number of aromatic hydroxyl groups is 1. The predicted molar refractivity (Wildman–Crippen MR) is 113 cm³/mol. The molecule has 170 valence electrons. The maximum absolute atomic E-state index is 13.4. The summed E-state index contributed by atoms with van der Waals surface area (Å²) in [7, 11) is 3.19. The molecule has 32 heavy (non-hydrogen) atoms. The molecule has 0 heterocycles. The molecule has 0 saturated carbocycles. The molecule has 9 heteroatoms. The highest BCUT2D eigenvalue weighted by Gasteiger charge is 2.63. The SMILES string of the molecule is Cc1cc(C)c2c(c1O)C(=O)C1=C(O)[C@]3(O)C(=O)C(C(N)=O)=C(O)[C@@H](N(C)C)C3CC1C2. The fraction of sp³-hybridized carbons (Fsp3) is 0.435. The highest BCUT2D eigenvalue weighted by molar-refractivity contribution is 6.24. The number of carbonyl (C=O) groups excluding carboxylic acids is 3. The zero-order valence-electron chi connectivity index (χ0n) is 18.3. The summed E-state index contributed by atoms with van der Waals surface area (Å²) in [6, 6.07) is 0.781. The zero-order valence-corrected chi connectivity index (χ0v) is 18.3. The zero-order chi connectivity index (χ0) is 23.9. The Morgan fingerprint density at radius 3 is 2.34 bits per heavy atom. The molecule has 0 aromatic heterocycles. The van der Waals surface area contributed by atoms with Crippen LogP contribution in [0.25, 0.3) is 0 Å². The number of hydrogen-bond donors (Lipinski definition) is 5. The number of benzene rings is 1. The number of aliphatic hydroxyl groups excluding tert-OH is 2. The van der Waals surface area contributed by atoms with Crippen LogP contribution in [-0.2, 0) is 16.0 Å². The number of carbonyl (C=O) groups is 3. The van der Waals surface area contributed by atoms with Gasteiger partial charge >= 0.3 is 0 Å². The molecule has 2 unspecified atom stereocenters. The van der Waals surface area contributed by atoms with Crippen molar-refractivity contribution >= 4 is 17.5 Å². The van der Waals surface area contributed by atoms with Crippen molar-refractivity contribution < 1.29 is 34.8 Å². The van der Waals surface area contributed by atoms with Crippen molar-refractivity contribution in [1.82, 2.24) is 4.90 Å². The molecule has 9 nitrogen and oxygen atoms in total. The first-order valence-electron chi connectivity index (χ1n) is 10.3. The highest BCUT2D eigenvalue weighted by Crippen LogP contribution is 2.52. The lowest BCUT2D eigenvalue weighted by Gasteiger charge is -2.50. The van der Waals surface area contributed by atoms with Gasteiger partial charge in [-0.3, -0.25) is 19.3 Å². The number of likely N-dealkylation sites (N-methyl/N-ethyl adjacent to an activating group) is 1. The number of amides is 1. The molecule has 3 aliphatic carbocycles. The van der Waals surface area contributed by atoms with Gasteiger partial charge in [0.25, 0.3) is 5.91 Å².